The number of benzene rings is 2. The predicted octanol–water partition coefficient (Wildman–Crippen LogP) is 5.36. The average molecular weight is 382 g/mol. The fourth-order valence-corrected chi connectivity index (χ4v) is 3.44. The van der Waals surface area contributed by atoms with E-state index in [1.165, 1.54) is 0 Å². The molecule has 1 aliphatic rings. The van der Waals surface area contributed by atoms with E-state index in [1.54, 1.807) is 19.1 Å². The number of ketones is 1. The van der Waals surface area contributed by atoms with E-state index in [2.05, 4.69) is 5.43 Å². The van der Waals surface area contributed by atoms with Gasteiger partial charge in [-0.1, -0.05) is 46.9 Å². The summed E-state index contributed by atoms with van der Waals surface area (Å²) in [6.07, 6.45) is 0. The van der Waals surface area contributed by atoms with Gasteiger partial charge in [-0.2, -0.15) is 0 Å². The number of halogens is 3. The van der Waals surface area contributed by atoms with Crippen molar-refractivity contribution < 1.29 is 4.79 Å². The number of nitrogens with one attached hydrogen (secondary N) is 1. The van der Waals surface area contributed by atoms with E-state index < -0.39 is 6.04 Å². The minimum Gasteiger partial charge on any atom is -0.298 e. The van der Waals surface area contributed by atoms with Crippen molar-refractivity contribution in [2.45, 2.75) is 19.9 Å². The topological polar surface area (TPSA) is 32.3 Å². The molecule has 1 unspecified atom stereocenters. The molecular weight excluding hydrogens is 367 g/mol. The Morgan fingerprint density at radius 2 is 1.67 bits per heavy atom. The van der Waals surface area contributed by atoms with Crippen molar-refractivity contribution in [1.82, 2.24) is 5.43 Å². The van der Waals surface area contributed by atoms with E-state index in [0.717, 1.165) is 22.5 Å². The molecule has 0 fully saturated rings. The van der Waals surface area contributed by atoms with Gasteiger partial charge in [0.15, 0.2) is 5.78 Å². The quantitative estimate of drug-likeness (QED) is 0.776. The van der Waals surface area contributed by atoms with Crippen molar-refractivity contribution in [3.05, 3.63) is 68.7 Å². The van der Waals surface area contributed by atoms with Crippen LogP contribution in [-0.4, -0.2) is 11.8 Å². The summed E-state index contributed by atoms with van der Waals surface area (Å²) in [6.45, 7) is 3.50. The maximum absolute atomic E-state index is 12.0. The minimum absolute atomic E-state index is 0.0338. The molecule has 0 bridgehead atoms. The molecule has 1 aliphatic heterocycles. The Labute approximate surface area is 155 Å². The van der Waals surface area contributed by atoms with Crippen molar-refractivity contribution in [1.29, 1.82) is 0 Å². The van der Waals surface area contributed by atoms with Gasteiger partial charge in [0.1, 0.15) is 6.04 Å². The van der Waals surface area contributed by atoms with Crippen LogP contribution in [-0.2, 0) is 4.79 Å². The third kappa shape index (κ3) is 3.17. The van der Waals surface area contributed by atoms with Crippen LogP contribution >= 0.6 is 34.8 Å². The van der Waals surface area contributed by atoms with Crippen LogP contribution in [0.25, 0.3) is 5.70 Å². The standard InChI is InChI=1S/C18H15Cl3N2O/c1-10-17(11(2)24)22-23(16-8-7-14(20)9-15(16)21)18(10)12-3-5-13(19)6-4-12/h3-9,17,22H,1-2H3. The molecular formula is C18H15Cl3N2O. The molecule has 124 valence electrons. The number of nitrogens with zero attached hydrogens (tertiary/aromatic N) is 1. The van der Waals surface area contributed by atoms with E-state index >= 15 is 0 Å². The zero-order chi connectivity index (χ0) is 17.4. The summed E-state index contributed by atoms with van der Waals surface area (Å²) in [6, 6.07) is 12.3. The van der Waals surface area contributed by atoms with Gasteiger partial charge >= 0.3 is 0 Å². The number of anilines is 1. The zero-order valence-electron chi connectivity index (χ0n) is 13.1. The number of rotatable bonds is 3. The molecule has 0 radical (unpaired) electrons. The first-order chi connectivity index (χ1) is 11.4. The SMILES string of the molecule is CC(=O)C1NN(c2ccc(Cl)cc2Cl)C(c2ccc(Cl)cc2)=C1C. The van der Waals surface area contributed by atoms with Crippen molar-refractivity contribution in [3.63, 3.8) is 0 Å². The molecule has 0 saturated carbocycles. The number of Topliss-reactive ketones (excluding diaryl/α,β-unsaturated/α-hetero) is 1. The number of hydrogen-bond donors (Lipinski definition) is 1. The first-order valence-electron chi connectivity index (χ1n) is 7.37. The van der Waals surface area contributed by atoms with Gasteiger partial charge in [0, 0.05) is 10.0 Å². The molecule has 0 amide bonds. The maximum atomic E-state index is 12.0. The van der Waals surface area contributed by atoms with Crippen LogP contribution < -0.4 is 10.4 Å². The average Bonchev–Trinajstić information content (AvgIpc) is 2.86. The molecule has 3 rings (SSSR count). The lowest BCUT2D eigenvalue weighted by Gasteiger charge is -2.25. The summed E-state index contributed by atoms with van der Waals surface area (Å²) in [5.41, 5.74) is 6.72. The van der Waals surface area contributed by atoms with E-state index in [9.17, 15) is 4.79 Å². The van der Waals surface area contributed by atoms with Crippen LogP contribution in [0.3, 0.4) is 0 Å². The summed E-state index contributed by atoms with van der Waals surface area (Å²) < 4.78 is 0. The molecule has 1 N–H and O–H groups in total. The second kappa shape index (κ2) is 6.77. The van der Waals surface area contributed by atoms with Gasteiger partial charge in [-0.15, -0.1) is 0 Å². The molecule has 0 spiro atoms. The predicted molar refractivity (Wildman–Crippen MR) is 101 cm³/mol. The highest BCUT2D eigenvalue weighted by molar-refractivity contribution is 6.36. The van der Waals surface area contributed by atoms with E-state index in [-0.39, 0.29) is 5.78 Å². The van der Waals surface area contributed by atoms with Gasteiger partial charge in [-0.05, 0) is 55.3 Å². The lowest BCUT2D eigenvalue weighted by molar-refractivity contribution is -0.117. The number of hydrazine groups is 1. The Balaban J connectivity index is 2.14. The fraction of sp³-hybridized carbons (Fsp3) is 0.167. The summed E-state index contributed by atoms with van der Waals surface area (Å²) >= 11 is 18.4. The first-order valence-corrected chi connectivity index (χ1v) is 8.50. The largest absolute Gasteiger partial charge is 0.298 e. The van der Waals surface area contributed by atoms with Crippen molar-refractivity contribution in [2.75, 3.05) is 5.01 Å². The van der Waals surface area contributed by atoms with Gasteiger partial charge in [0.05, 0.1) is 16.4 Å². The van der Waals surface area contributed by atoms with Crippen molar-refractivity contribution >= 4 is 52.0 Å². The molecule has 24 heavy (non-hydrogen) atoms. The zero-order valence-corrected chi connectivity index (χ0v) is 15.4. The highest BCUT2D eigenvalue weighted by Gasteiger charge is 2.33. The first kappa shape index (κ1) is 17.3. The Morgan fingerprint density at radius 3 is 2.25 bits per heavy atom. The van der Waals surface area contributed by atoms with E-state index in [4.69, 9.17) is 34.8 Å². The number of carbonyl (C=O) groups excluding carboxylic acids is 1. The molecule has 2 aromatic carbocycles. The van der Waals surface area contributed by atoms with Gasteiger partial charge in [0.25, 0.3) is 0 Å². The van der Waals surface area contributed by atoms with E-state index in [1.807, 2.05) is 42.3 Å². The summed E-state index contributed by atoms with van der Waals surface area (Å²) in [7, 11) is 0. The van der Waals surface area contributed by atoms with Crippen LogP contribution in [0.1, 0.15) is 19.4 Å². The normalized spacial score (nSPS) is 17.5. The smallest absolute Gasteiger partial charge is 0.152 e. The van der Waals surface area contributed by atoms with Crippen LogP contribution in [0.4, 0.5) is 5.69 Å². The molecule has 2 aromatic rings. The molecule has 1 atom stereocenters. The number of carbonyl (C=O) groups is 1. The second-order valence-corrected chi connectivity index (χ2v) is 6.92. The molecule has 1 heterocycles. The van der Waals surface area contributed by atoms with E-state index in [0.29, 0.717) is 15.1 Å². The van der Waals surface area contributed by atoms with Crippen LogP contribution in [0.5, 0.6) is 0 Å². The maximum Gasteiger partial charge on any atom is 0.152 e. The van der Waals surface area contributed by atoms with Crippen LogP contribution in [0.15, 0.2) is 48.0 Å². The van der Waals surface area contributed by atoms with Gasteiger partial charge in [0.2, 0.25) is 0 Å². The summed E-state index contributed by atoms with van der Waals surface area (Å²) in [5, 5.41) is 3.55. The Hall–Kier alpha value is -1.52. The van der Waals surface area contributed by atoms with Gasteiger partial charge in [-0.3, -0.25) is 9.80 Å². The highest BCUT2D eigenvalue weighted by atomic mass is 35.5. The van der Waals surface area contributed by atoms with Crippen molar-refractivity contribution in [3.8, 4) is 0 Å². The Kier molecular flexibility index (Phi) is 4.88. The highest BCUT2D eigenvalue weighted by Crippen LogP contribution is 2.38. The monoisotopic (exact) mass is 380 g/mol. The molecule has 0 aliphatic carbocycles. The summed E-state index contributed by atoms with van der Waals surface area (Å²) in [4.78, 5) is 12.0. The molecule has 0 saturated heterocycles. The second-order valence-electron chi connectivity index (χ2n) is 5.64. The minimum atomic E-state index is -0.401. The van der Waals surface area contributed by atoms with Crippen LogP contribution in [0.2, 0.25) is 15.1 Å². The third-order valence-corrected chi connectivity index (χ3v) is 4.75. The van der Waals surface area contributed by atoms with Gasteiger partial charge in [-0.25, -0.2) is 5.43 Å². The summed E-state index contributed by atoms with van der Waals surface area (Å²) in [5.74, 6) is 0.0338. The lowest BCUT2D eigenvalue weighted by atomic mass is 10.0. The lowest BCUT2D eigenvalue weighted by Crippen LogP contribution is -2.41. The Bertz CT molecular complexity index is 831. The fourth-order valence-electron chi connectivity index (χ4n) is 2.82. The van der Waals surface area contributed by atoms with Crippen LogP contribution in [0, 0.1) is 0 Å². The molecule has 3 nitrogen and oxygen atoms in total. The molecule has 0 aromatic heterocycles. The Morgan fingerprint density at radius 1 is 1.04 bits per heavy atom. The third-order valence-electron chi connectivity index (χ3n) is 3.96. The van der Waals surface area contributed by atoms with Crippen molar-refractivity contribution in [2.24, 2.45) is 0 Å². The molecule has 6 heteroatoms. The van der Waals surface area contributed by atoms with Gasteiger partial charge < -0.3 is 0 Å². The number of hydrogen-bond acceptors (Lipinski definition) is 3.